The highest BCUT2D eigenvalue weighted by molar-refractivity contribution is 6.31. The third-order valence-electron chi connectivity index (χ3n) is 6.87. The van der Waals surface area contributed by atoms with Gasteiger partial charge in [0.2, 0.25) is 5.91 Å². The number of carbonyl (C=O) groups excluding carboxylic acids is 2. The van der Waals surface area contributed by atoms with Crippen LogP contribution in [0.4, 0.5) is 10.1 Å². The van der Waals surface area contributed by atoms with E-state index in [0.717, 1.165) is 5.52 Å². The molecule has 1 aromatic heterocycles. The number of ether oxygens (including phenoxy) is 1. The molecule has 38 heavy (non-hydrogen) atoms. The Kier molecular flexibility index (Phi) is 7.65. The average molecular weight is 555 g/mol. The number of halogens is 3. The van der Waals surface area contributed by atoms with E-state index in [0.29, 0.717) is 46.7 Å². The molecule has 196 valence electrons. The van der Waals surface area contributed by atoms with Gasteiger partial charge in [0.1, 0.15) is 5.82 Å². The fraction of sp³-hybridized carbons (Fsp3) is 0.250. The highest BCUT2D eigenvalue weighted by Gasteiger charge is 2.40. The van der Waals surface area contributed by atoms with Gasteiger partial charge in [0, 0.05) is 29.2 Å². The van der Waals surface area contributed by atoms with Crippen LogP contribution in [0.25, 0.3) is 11.0 Å². The van der Waals surface area contributed by atoms with E-state index in [1.807, 2.05) is 10.6 Å². The van der Waals surface area contributed by atoms with Crippen LogP contribution in [0.1, 0.15) is 34.7 Å². The van der Waals surface area contributed by atoms with Gasteiger partial charge < -0.3 is 19.9 Å². The second-order valence-corrected chi connectivity index (χ2v) is 10.1. The normalized spacial score (nSPS) is 19.0. The van der Waals surface area contributed by atoms with Gasteiger partial charge in [0.25, 0.3) is 0 Å². The third kappa shape index (κ3) is 5.38. The molecule has 3 aromatic carbocycles. The number of methoxy groups -OCH3 is 1. The Morgan fingerprint density at radius 1 is 1.16 bits per heavy atom. The van der Waals surface area contributed by atoms with E-state index in [9.17, 15) is 9.59 Å². The predicted octanol–water partition coefficient (Wildman–Crippen LogP) is 5.81. The molecule has 1 amide bonds. The summed E-state index contributed by atoms with van der Waals surface area (Å²) in [4.78, 5) is 29.6. The van der Waals surface area contributed by atoms with Crippen molar-refractivity contribution in [3.63, 3.8) is 0 Å². The van der Waals surface area contributed by atoms with Crippen molar-refractivity contribution in [3.8, 4) is 0 Å². The van der Waals surface area contributed by atoms with Crippen LogP contribution in [-0.4, -0.2) is 40.6 Å². The minimum atomic E-state index is -0.672. The first kappa shape index (κ1) is 26.2. The van der Waals surface area contributed by atoms with E-state index in [4.69, 9.17) is 27.9 Å². The minimum absolute atomic E-state index is 0.0242. The molecule has 7 nitrogen and oxygen atoms in total. The fourth-order valence-corrected chi connectivity index (χ4v) is 5.39. The quantitative estimate of drug-likeness (QED) is 0.281. The predicted molar refractivity (Wildman–Crippen MR) is 145 cm³/mol. The lowest BCUT2D eigenvalue weighted by Gasteiger charge is -2.20. The number of aryl methyl sites for hydroxylation is 1. The van der Waals surface area contributed by atoms with E-state index >= 15 is 4.39 Å². The number of aromatic nitrogens is 2. The molecule has 5 rings (SSSR count). The SMILES string of the molecule is COC(=O)c1ccc2c(c1)ncn2CC[C@H]1CC(c2cccc(Cl)c2F)C(C(=O)Nc2cccc(Cl)c2)N1. The molecule has 0 spiro atoms. The summed E-state index contributed by atoms with van der Waals surface area (Å²) < 4.78 is 21.8. The zero-order valence-electron chi connectivity index (χ0n) is 20.5. The van der Waals surface area contributed by atoms with Gasteiger partial charge in [-0.3, -0.25) is 4.79 Å². The number of carbonyl (C=O) groups is 2. The van der Waals surface area contributed by atoms with Crippen LogP contribution in [0.15, 0.2) is 67.0 Å². The molecule has 2 heterocycles. The van der Waals surface area contributed by atoms with Crippen LogP contribution in [-0.2, 0) is 16.1 Å². The zero-order chi connectivity index (χ0) is 26.8. The fourth-order valence-electron chi connectivity index (χ4n) is 5.02. The number of esters is 1. The van der Waals surface area contributed by atoms with Gasteiger partial charge >= 0.3 is 5.97 Å². The van der Waals surface area contributed by atoms with Gasteiger partial charge in [-0.1, -0.05) is 41.4 Å². The summed E-state index contributed by atoms with van der Waals surface area (Å²) in [5.41, 5.74) is 2.97. The van der Waals surface area contributed by atoms with Crippen LogP contribution in [0.3, 0.4) is 0 Å². The monoisotopic (exact) mass is 554 g/mol. The van der Waals surface area contributed by atoms with E-state index in [1.54, 1.807) is 54.9 Å². The van der Waals surface area contributed by atoms with Gasteiger partial charge in [-0.05, 0) is 60.9 Å². The molecule has 1 aliphatic rings. The van der Waals surface area contributed by atoms with Crippen LogP contribution in [0, 0.1) is 5.82 Å². The lowest BCUT2D eigenvalue weighted by Crippen LogP contribution is -2.41. The number of rotatable bonds is 7. The molecular formula is C28H25Cl2FN4O3. The first-order valence-electron chi connectivity index (χ1n) is 12.1. The first-order chi connectivity index (χ1) is 18.3. The van der Waals surface area contributed by atoms with Crippen molar-refractivity contribution in [2.75, 3.05) is 12.4 Å². The Morgan fingerprint density at radius 3 is 2.76 bits per heavy atom. The molecule has 0 saturated carbocycles. The molecule has 10 heteroatoms. The number of anilines is 1. The second-order valence-electron chi connectivity index (χ2n) is 9.25. The standard InChI is InChI=1S/C28H25Cl2FN4O3/c1-38-28(37)16-8-9-24-23(12-16)32-15-35(24)11-10-19-14-21(20-6-3-7-22(30)25(20)31)26(33-19)27(36)34-18-5-2-4-17(29)13-18/h2-9,12-13,15,19,21,26,33H,10-11,14H2,1H3,(H,34,36)/t19-,21?,26?/m0/s1. The van der Waals surface area contributed by atoms with Crippen LogP contribution < -0.4 is 10.6 Å². The molecule has 1 aliphatic heterocycles. The Hall–Kier alpha value is -3.46. The molecule has 2 N–H and O–H groups in total. The molecule has 2 unspecified atom stereocenters. The summed E-state index contributed by atoms with van der Waals surface area (Å²) in [6.07, 6.45) is 2.94. The number of amides is 1. The van der Waals surface area contributed by atoms with Gasteiger partial charge in [-0.2, -0.15) is 0 Å². The number of imidazole rings is 1. The molecular weight excluding hydrogens is 530 g/mol. The van der Waals surface area contributed by atoms with Gasteiger partial charge in [-0.25, -0.2) is 14.2 Å². The summed E-state index contributed by atoms with van der Waals surface area (Å²) in [5, 5.41) is 6.84. The Balaban J connectivity index is 1.35. The topological polar surface area (TPSA) is 85.2 Å². The van der Waals surface area contributed by atoms with Gasteiger partial charge in [0.15, 0.2) is 0 Å². The van der Waals surface area contributed by atoms with E-state index < -0.39 is 23.7 Å². The number of nitrogens with zero attached hydrogens (tertiary/aromatic N) is 2. The lowest BCUT2D eigenvalue weighted by atomic mass is 9.89. The van der Waals surface area contributed by atoms with Crippen LogP contribution in [0.2, 0.25) is 10.0 Å². The van der Waals surface area contributed by atoms with E-state index in [2.05, 4.69) is 15.6 Å². The summed E-state index contributed by atoms with van der Waals surface area (Å²) in [6, 6.07) is 16.2. The zero-order valence-corrected chi connectivity index (χ0v) is 22.0. The van der Waals surface area contributed by atoms with Crippen LogP contribution in [0.5, 0.6) is 0 Å². The average Bonchev–Trinajstić information content (AvgIpc) is 3.52. The van der Waals surface area contributed by atoms with Crippen molar-refractivity contribution in [1.29, 1.82) is 0 Å². The number of nitrogens with one attached hydrogen (secondary N) is 2. The number of hydrogen-bond donors (Lipinski definition) is 2. The minimum Gasteiger partial charge on any atom is -0.465 e. The second kappa shape index (κ2) is 11.1. The van der Waals surface area contributed by atoms with Crippen molar-refractivity contribution in [1.82, 2.24) is 14.9 Å². The molecule has 4 aromatic rings. The molecule has 0 aliphatic carbocycles. The summed E-state index contributed by atoms with van der Waals surface area (Å²) >= 11 is 12.2. The number of hydrogen-bond acceptors (Lipinski definition) is 5. The van der Waals surface area contributed by atoms with Crippen molar-refractivity contribution in [2.45, 2.75) is 37.4 Å². The third-order valence-corrected chi connectivity index (χ3v) is 7.40. The maximum Gasteiger partial charge on any atom is 0.337 e. The first-order valence-corrected chi connectivity index (χ1v) is 12.9. The van der Waals surface area contributed by atoms with Gasteiger partial charge in [0.05, 0.1) is 41.1 Å². The number of fused-ring (bicyclic) bond motifs is 1. The van der Waals surface area contributed by atoms with Crippen molar-refractivity contribution >= 4 is 51.8 Å². The summed E-state index contributed by atoms with van der Waals surface area (Å²) in [7, 11) is 1.34. The smallest absolute Gasteiger partial charge is 0.337 e. The Morgan fingerprint density at radius 2 is 1.97 bits per heavy atom. The maximum atomic E-state index is 15.0. The van der Waals surface area contributed by atoms with Crippen molar-refractivity contribution in [2.24, 2.45) is 0 Å². The Labute approximate surface area is 228 Å². The molecule has 1 fully saturated rings. The molecule has 0 radical (unpaired) electrons. The number of benzene rings is 3. The molecule has 1 saturated heterocycles. The molecule has 0 bridgehead atoms. The summed E-state index contributed by atoms with van der Waals surface area (Å²) in [6.45, 7) is 0.610. The van der Waals surface area contributed by atoms with Crippen molar-refractivity contribution in [3.05, 3.63) is 94.0 Å². The summed E-state index contributed by atoms with van der Waals surface area (Å²) in [5.74, 6) is -1.62. The van der Waals surface area contributed by atoms with Crippen molar-refractivity contribution < 1.29 is 18.7 Å². The maximum absolute atomic E-state index is 15.0. The largest absolute Gasteiger partial charge is 0.465 e. The Bertz CT molecular complexity index is 1510. The van der Waals surface area contributed by atoms with E-state index in [-0.39, 0.29) is 17.0 Å². The van der Waals surface area contributed by atoms with Crippen LogP contribution >= 0.6 is 23.2 Å². The van der Waals surface area contributed by atoms with Gasteiger partial charge in [-0.15, -0.1) is 0 Å². The van der Waals surface area contributed by atoms with E-state index in [1.165, 1.54) is 13.2 Å². The molecule has 3 atom stereocenters. The highest BCUT2D eigenvalue weighted by Crippen LogP contribution is 2.36. The lowest BCUT2D eigenvalue weighted by molar-refractivity contribution is -0.118. The highest BCUT2D eigenvalue weighted by atomic mass is 35.5.